The number of phenols is 1. The van der Waals surface area contributed by atoms with Crippen molar-refractivity contribution in [1.82, 2.24) is 0 Å². The van der Waals surface area contributed by atoms with E-state index in [0.29, 0.717) is 5.69 Å². The van der Waals surface area contributed by atoms with E-state index in [2.05, 4.69) is 10.3 Å². The molecule has 9 heteroatoms. The predicted octanol–water partition coefficient (Wildman–Crippen LogP) is -1.69. The second kappa shape index (κ2) is 9.65. The Morgan fingerprint density at radius 3 is 2.18 bits per heavy atom. The lowest BCUT2D eigenvalue weighted by molar-refractivity contribution is -0.00100. The normalized spacial score (nSPS) is 9.46. The number of halogens is 2. The molecule has 0 heterocycles. The van der Waals surface area contributed by atoms with Crippen LogP contribution in [0, 0.1) is 5.39 Å². The Hall–Kier alpha value is -3.21. The molecule has 3 aromatic rings. The first-order valence-corrected chi connectivity index (χ1v) is 7.71. The second-order valence-corrected chi connectivity index (χ2v) is 5.49. The monoisotopic (exact) mass is 420 g/mol. The van der Waals surface area contributed by atoms with E-state index >= 15 is 0 Å². The zero-order valence-electron chi connectivity index (χ0n) is 14.9. The van der Waals surface area contributed by atoms with Crippen LogP contribution in [0.3, 0.4) is 0 Å². The first-order valence-electron chi connectivity index (χ1n) is 7.71. The van der Waals surface area contributed by atoms with Gasteiger partial charge in [0.15, 0.2) is 10.7 Å². The summed E-state index contributed by atoms with van der Waals surface area (Å²) in [5, 5.41) is 23.6. The number of ether oxygens (including phenoxy) is 2. The van der Waals surface area contributed by atoms with Crippen LogP contribution in [0.1, 0.15) is 10.4 Å². The molecule has 146 valence electrons. The van der Waals surface area contributed by atoms with Crippen molar-refractivity contribution in [3.63, 3.8) is 0 Å². The van der Waals surface area contributed by atoms with Crippen molar-refractivity contribution in [3.8, 4) is 17.2 Å². The quantitative estimate of drug-likeness (QED) is 0.491. The number of carbonyl (C=O) groups is 1. The SMILES string of the molecule is COc1cc(NC(=O)c2cc3ccccc3cc2O)c(OC)cc1[N+]#N.[Cl-].[Cl-]. The standard InChI is InChI=1S/C19H15N3O4.2ClH/c1-25-17-10-15(22-20)18(26-2)9-14(17)21-19(24)13-7-11-5-3-4-6-12(11)8-16(13)23;;/h3-10H,1-2H3,(H-,21,23,24);2*1H/p-1. The molecule has 0 unspecified atom stereocenters. The molecule has 7 nitrogen and oxygen atoms in total. The van der Waals surface area contributed by atoms with Gasteiger partial charge in [0.05, 0.1) is 31.5 Å². The molecule has 0 fully saturated rings. The van der Waals surface area contributed by atoms with Gasteiger partial charge in [-0.25, -0.2) is 0 Å². The fourth-order valence-electron chi connectivity index (χ4n) is 2.66. The summed E-state index contributed by atoms with van der Waals surface area (Å²) >= 11 is 0. The van der Waals surface area contributed by atoms with Gasteiger partial charge in [0, 0.05) is 6.07 Å². The first kappa shape index (κ1) is 22.8. The minimum atomic E-state index is -0.512. The highest BCUT2D eigenvalue weighted by molar-refractivity contribution is 6.09. The van der Waals surface area contributed by atoms with Crippen molar-refractivity contribution in [2.75, 3.05) is 19.5 Å². The van der Waals surface area contributed by atoms with Crippen molar-refractivity contribution in [3.05, 3.63) is 59.1 Å². The molecule has 0 aliphatic carbocycles. The summed E-state index contributed by atoms with van der Waals surface area (Å²) in [7, 11) is 2.84. The molecule has 0 aliphatic heterocycles. The van der Waals surface area contributed by atoms with Crippen LogP contribution in [0.4, 0.5) is 11.4 Å². The molecule has 0 saturated heterocycles. The largest absolute Gasteiger partial charge is 1.00 e. The van der Waals surface area contributed by atoms with E-state index in [9.17, 15) is 9.90 Å². The number of hydrogen-bond donors (Lipinski definition) is 2. The number of nitrogens with zero attached hydrogens (tertiary/aromatic N) is 2. The maximum absolute atomic E-state index is 12.7. The minimum absolute atomic E-state index is 0. The highest BCUT2D eigenvalue weighted by atomic mass is 35.5. The zero-order chi connectivity index (χ0) is 18.7. The molecular weight excluding hydrogens is 405 g/mol. The van der Waals surface area contributed by atoms with Gasteiger partial charge in [-0.05, 0) is 22.9 Å². The lowest BCUT2D eigenvalue weighted by Gasteiger charge is -2.12. The lowest BCUT2D eigenvalue weighted by atomic mass is 10.1. The third-order valence-corrected chi connectivity index (χ3v) is 3.97. The number of aromatic hydroxyl groups is 1. The van der Waals surface area contributed by atoms with E-state index < -0.39 is 5.91 Å². The Bertz CT molecular complexity index is 1050. The second-order valence-electron chi connectivity index (χ2n) is 5.49. The molecule has 0 radical (unpaired) electrons. The van der Waals surface area contributed by atoms with E-state index in [-0.39, 0.29) is 53.3 Å². The molecule has 0 aliphatic rings. The van der Waals surface area contributed by atoms with Crippen LogP contribution >= 0.6 is 0 Å². The summed E-state index contributed by atoms with van der Waals surface area (Å²) < 4.78 is 10.4. The summed E-state index contributed by atoms with van der Waals surface area (Å²) in [4.78, 5) is 15.8. The number of amides is 1. The number of rotatable bonds is 4. The maximum atomic E-state index is 12.7. The number of hydrogen-bond acceptors (Lipinski definition) is 5. The Kier molecular flexibility index (Phi) is 7.87. The van der Waals surface area contributed by atoms with Gasteiger partial charge in [0.25, 0.3) is 5.91 Å². The Morgan fingerprint density at radius 2 is 1.61 bits per heavy atom. The van der Waals surface area contributed by atoms with Crippen LogP contribution in [-0.2, 0) is 0 Å². The number of carbonyl (C=O) groups excluding carboxylic acids is 1. The number of nitrogens with one attached hydrogen (secondary N) is 1. The molecule has 3 rings (SSSR count). The summed E-state index contributed by atoms with van der Waals surface area (Å²) in [5.74, 6) is -0.102. The van der Waals surface area contributed by atoms with Gasteiger partial charge in [-0.15, -0.1) is 0 Å². The fraction of sp³-hybridized carbons (Fsp3) is 0.105. The minimum Gasteiger partial charge on any atom is -1.00 e. The van der Waals surface area contributed by atoms with Crippen molar-refractivity contribution in [2.45, 2.75) is 0 Å². The number of phenolic OH excluding ortho intramolecular Hbond substituents is 1. The van der Waals surface area contributed by atoms with E-state index in [1.807, 2.05) is 24.3 Å². The highest BCUT2D eigenvalue weighted by Crippen LogP contribution is 2.38. The average molecular weight is 421 g/mol. The highest BCUT2D eigenvalue weighted by Gasteiger charge is 2.22. The molecule has 0 aromatic heterocycles. The molecular formula is C19H16Cl2N3O4-. The van der Waals surface area contributed by atoms with E-state index in [1.54, 1.807) is 6.07 Å². The van der Waals surface area contributed by atoms with Crippen LogP contribution in [0.2, 0.25) is 0 Å². The fourth-order valence-corrected chi connectivity index (χ4v) is 2.66. The summed E-state index contributed by atoms with van der Waals surface area (Å²) in [6.07, 6.45) is 0. The number of benzene rings is 3. The topological polar surface area (TPSA) is 95.9 Å². The van der Waals surface area contributed by atoms with Crippen molar-refractivity contribution >= 4 is 28.1 Å². The van der Waals surface area contributed by atoms with Gasteiger partial charge < -0.3 is 44.7 Å². The van der Waals surface area contributed by atoms with Crippen LogP contribution in [0.5, 0.6) is 17.2 Å². The van der Waals surface area contributed by atoms with Crippen molar-refractivity contribution in [2.24, 2.45) is 0 Å². The molecule has 0 saturated carbocycles. The van der Waals surface area contributed by atoms with Crippen LogP contribution < -0.4 is 39.6 Å². The van der Waals surface area contributed by atoms with Gasteiger partial charge in [-0.2, -0.15) is 0 Å². The molecule has 0 bridgehead atoms. The predicted molar refractivity (Wildman–Crippen MR) is 97.9 cm³/mol. The zero-order valence-corrected chi connectivity index (χ0v) is 16.5. The van der Waals surface area contributed by atoms with Crippen molar-refractivity contribution < 1.29 is 44.2 Å². The number of fused-ring (bicyclic) bond motifs is 1. The van der Waals surface area contributed by atoms with Gasteiger partial charge in [0.1, 0.15) is 5.75 Å². The van der Waals surface area contributed by atoms with E-state index in [4.69, 9.17) is 14.9 Å². The van der Waals surface area contributed by atoms with Gasteiger partial charge >= 0.3 is 5.69 Å². The molecule has 28 heavy (non-hydrogen) atoms. The first-order chi connectivity index (χ1) is 12.6. The third kappa shape index (κ3) is 4.36. The Morgan fingerprint density at radius 1 is 1.00 bits per heavy atom. The molecule has 3 aromatic carbocycles. The van der Waals surface area contributed by atoms with Crippen LogP contribution in [0.15, 0.2) is 48.5 Å². The smallest absolute Gasteiger partial charge is 0.430 e. The number of methoxy groups -OCH3 is 2. The van der Waals surface area contributed by atoms with E-state index in [0.717, 1.165) is 10.8 Å². The Labute approximate surface area is 173 Å². The van der Waals surface area contributed by atoms with E-state index in [1.165, 1.54) is 32.4 Å². The third-order valence-electron chi connectivity index (χ3n) is 3.97. The summed E-state index contributed by atoms with van der Waals surface area (Å²) in [6, 6.07) is 13.5. The number of anilines is 1. The summed E-state index contributed by atoms with van der Waals surface area (Å²) in [6.45, 7) is 0. The molecule has 2 N–H and O–H groups in total. The average Bonchev–Trinajstić information content (AvgIpc) is 2.66. The van der Waals surface area contributed by atoms with Gasteiger partial charge in [0.2, 0.25) is 11.1 Å². The molecule has 0 spiro atoms. The summed E-state index contributed by atoms with van der Waals surface area (Å²) in [5.41, 5.74) is 0.603. The van der Waals surface area contributed by atoms with Crippen molar-refractivity contribution in [1.29, 1.82) is 5.39 Å². The molecule has 0 atom stereocenters. The maximum Gasteiger partial charge on any atom is 0.430 e. The van der Waals surface area contributed by atoms with Crippen LogP contribution in [0.25, 0.3) is 15.7 Å². The molecule has 1 amide bonds. The number of diazo groups is 1. The van der Waals surface area contributed by atoms with Crippen LogP contribution in [-0.4, -0.2) is 25.2 Å². The van der Waals surface area contributed by atoms with Gasteiger partial charge in [-0.1, -0.05) is 24.3 Å². The Balaban J connectivity index is 0.00000196. The van der Waals surface area contributed by atoms with Gasteiger partial charge in [-0.3, -0.25) is 4.79 Å². The lowest BCUT2D eigenvalue weighted by Crippen LogP contribution is -3.00.